The topological polar surface area (TPSA) is 78.0 Å². The van der Waals surface area contributed by atoms with Crippen LogP contribution in [0.3, 0.4) is 0 Å². The summed E-state index contributed by atoms with van der Waals surface area (Å²) in [5.41, 5.74) is 0. The lowest BCUT2D eigenvalue weighted by molar-refractivity contribution is -0.140. The summed E-state index contributed by atoms with van der Waals surface area (Å²) in [6.45, 7) is 8.12. The lowest BCUT2D eigenvalue weighted by atomic mass is 10.2. The van der Waals surface area contributed by atoms with Crippen molar-refractivity contribution in [2.75, 3.05) is 13.7 Å². The second-order valence-corrected chi connectivity index (χ2v) is 2.63. The Bertz CT molecular complexity index is 90.6. The second-order valence-electron chi connectivity index (χ2n) is 2.63. The number of aliphatic hydroxyl groups excluding tert-OH is 1. The molecule has 0 fully saturated rings. The van der Waals surface area contributed by atoms with Crippen molar-refractivity contribution in [2.24, 2.45) is 0 Å². The van der Waals surface area contributed by atoms with Crippen molar-refractivity contribution in [3.8, 4) is 0 Å². The maximum Gasteiger partial charge on any atom is 0.302 e. The SMILES string of the molecule is CCCCCC.CCOC(C)=O.CO.O. The van der Waals surface area contributed by atoms with Crippen molar-refractivity contribution in [3.63, 3.8) is 0 Å². The first-order chi connectivity index (χ1) is 6.68. The minimum atomic E-state index is -0.211. The fourth-order valence-corrected chi connectivity index (χ4v) is 0.703. The number of carbonyl (C=O) groups excluding carboxylic acids is 1. The van der Waals surface area contributed by atoms with Gasteiger partial charge in [-0.25, -0.2) is 0 Å². The number of hydrogen-bond donors (Lipinski definition) is 1. The van der Waals surface area contributed by atoms with Gasteiger partial charge in [-0.3, -0.25) is 4.79 Å². The first-order valence-electron chi connectivity index (χ1n) is 5.27. The van der Waals surface area contributed by atoms with Crippen LogP contribution in [0, 0.1) is 0 Å². The molecule has 0 unspecified atom stereocenters. The molecule has 96 valence electrons. The van der Waals surface area contributed by atoms with Gasteiger partial charge in [-0.2, -0.15) is 0 Å². The molecule has 0 aromatic rings. The molecule has 0 rings (SSSR count). The van der Waals surface area contributed by atoms with E-state index in [0.29, 0.717) is 6.61 Å². The van der Waals surface area contributed by atoms with Crippen molar-refractivity contribution < 1.29 is 20.1 Å². The van der Waals surface area contributed by atoms with Crippen molar-refractivity contribution in [1.29, 1.82) is 0 Å². The van der Waals surface area contributed by atoms with Gasteiger partial charge in [0.25, 0.3) is 0 Å². The highest BCUT2D eigenvalue weighted by Crippen LogP contribution is 1.95. The number of ether oxygens (including phenoxy) is 1. The van der Waals surface area contributed by atoms with Gasteiger partial charge >= 0.3 is 5.97 Å². The molecule has 15 heavy (non-hydrogen) atoms. The molecule has 0 aliphatic carbocycles. The monoisotopic (exact) mass is 224 g/mol. The van der Waals surface area contributed by atoms with Gasteiger partial charge in [0.05, 0.1) is 6.61 Å². The van der Waals surface area contributed by atoms with E-state index in [2.05, 4.69) is 18.6 Å². The van der Waals surface area contributed by atoms with Gasteiger partial charge in [0, 0.05) is 14.0 Å². The van der Waals surface area contributed by atoms with Crippen LogP contribution in [0.5, 0.6) is 0 Å². The molecule has 0 radical (unpaired) electrons. The van der Waals surface area contributed by atoms with E-state index in [1.165, 1.54) is 32.6 Å². The maximum absolute atomic E-state index is 9.82. The predicted octanol–water partition coefficient (Wildman–Crippen LogP) is 1.94. The zero-order valence-electron chi connectivity index (χ0n) is 10.8. The van der Waals surface area contributed by atoms with Crippen molar-refractivity contribution >= 4 is 5.97 Å². The molecule has 0 aliphatic rings. The molecule has 0 saturated heterocycles. The third-order valence-electron chi connectivity index (χ3n) is 1.30. The Kier molecular flexibility index (Phi) is 46.5. The summed E-state index contributed by atoms with van der Waals surface area (Å²) in [6, 6.07) is 0. The standard InChI is InChI=1S/C6H14.C4H8O2.CH4O.H2O/c1-3-5-6-4-2;1-3-6-4(2)5;1-2;/h3-6H2,1-2H3;3H2,1-2H3;2H,1H3;1H2. The minimum absolute atomic E-state index is 0. The molecule has 0 bridgehead atoms. The van der Waals surface area contributed by atoms with E-state index in [1.54, 1.807) is 6.92 Å². The van der Waals surface area contributed by atoms with Crippen LogP contribution in [0.25, 0.3) is 0 Å². The molecule has 0 amide bonds. The Morgan fingerprint density at radius 2 is 1.40 bits per heavy atom. The third-order valence-corrected chi connectivity index (χ3v) is 1.30. The Morgan fingerprint density at radius 1 is 1.07 bits per heavy atom. The Balaban J connectivity index is -0.0000000653. The summed E-state index contributed by atoms with van der Waals surface area (Å²) in [7, 11) is 1.00. The highest BCUT2D eigenvalue weighted by molar-refractivity contribution is 5.65. The van der Waals surface area contributed by atoms with Gasteiger partial charge in [-0.1, -0.05) is 39.5 Å². The van der Waals surface area contributed by atoms with Crippen LogP contribution >= 0.6 is 0 Å². The zero-order valence-corrected chi connectivity index (χ0v) is 10.8. The van der Waals surface area contributed by atoms with Crippen LogP contribution in [0.1, 0.15) is 53.4 Å². The number of hydrogen-bond acceptors (Lipinski definition) is 3. The quantitative estimate of drug-likeness (QED) is 0.585. The van der Waals surface area contributed by atoms with E-state index >= 15 is 0 Å². The Labute approximate surface area is 94.0 Å². The van der Waals surface area contributed by atoms with Gasteiger partial charge in [0.1, 0.15) is 0 Å². The fraction of sp³-hybridized carbons (Fsp3) is 0.909. The molecule has 4 nitrogen and oxygen atoms in total. The normalized spacial score (nSPS) is 7.07. The van der Waals surface area contributed by atoms with Crippen LogP contribution in [0.15, 0.2) is 0 Å². The average molecular weight is 224 g/mol. The van der Waals surface area contributed by atoms with Crippen molar-refractivity contribution in [1.82, 2.24) is 0 Å². The number of carbonyl (C=O) groups is 1. The highest BCUT2D eigenvalue weighted by atomic mass is 16.5. The lowest BCUT2D eigenvalue weighted by Gasteiger charge is -1.89. The first-order valence-corrected chi connectivity index (χ1v) is 5.27. The van der Waals surface area contributed by atoms with E-state index in [0.717, 1.165) is 7.11 Å². The maximum atomic E-state index is 9.82. The van der Waals surface area contributed by atoms with Gasteiger partial charge < -0.3 is 15.3 Å². The molecule has 0 heterocycles. The lowest BCUT2D eigenvalue weighted by Crippen LogP contribution is -1.95. The zero-order chi connectivity index (χ0) is 11.8. The third kappa shape index (κ3) is 59.8. The predicted molar refractivity (Wildman–Crippen MR) is 63.9 cm³/mol. The molecule has 0 saturated carbocycles. The molecule has 3 N–H and O–H groups in total. The van der Waals surface area contributed by atoms with Crippen LogP contribution in [0.4, 0.5) is 0 Å². The van der Waals surface area contributed by atoms with Crippen LogP contribution < -0.4 is 0 Å². The molecule has 0 atom stereocenters. The summed E-state index contributed by atoms with van der Waals surface area (Å²) < 4.78 is 4.40. The summed E-state index contributed by atoms with van der Waals surface area (Å²) in [4.78, 5) is 9.82. The molecular weight excluding hydrogens is 196 g/mol. The van der Waals surface area contributed by atoms with Crippen LogP contribution in [-0.4, -0.2) is 30.3 Å². The summed E-state index contributed by atoms with van der Waals surface area (Å²) in [5.74, 6) is -0.211. The first kappa shape index (κ1) is 23.9. The molecule has 0 aromatic carbocycles. The van der Waals surface area contributed by atoms with Crippen LogP contribution in [-0.2, 0) is 9.53 Å². The second kappa shape index (κ2) is 29.2. The Hall–Kier alpha value is -0.610. The van der Waals surface area contributed by atoms with Crippen molar-refractivity contribution in [2.45, 2.75) is 53.4 Å². The molecule has 0 aliphatic heterocycles. The van der Waals surface area contributed by atoms with E-state index in [4.69, 9.17) is 5.11 Å². The van der Waals surface area contributed by atoms with E-state index in [-0.39, 0.29) is 11.4 Å². The Morgan fingerprint density at radius 3 is 1.47 bits per heavy atom. The van der Waals surface area contributed by atoms with E-state index in [1.807, 2.05) is 0 Å². The number of unbranched alkanes of at least 4 members (excludes halogenated alkanes) is 3. The number of esters is 1. The summed E-state index contributed by atoms with van der Waals surface area (Å²) in [6.07, 6.45) is 5.54. The fourth-order valence-electron chi connectivity index (χ4n) is 0.703. The summed E-state index contributed by atoms with van der Waals surface area (Å²) in [5, 5.41) is 7.00. The van der Waals surface area contributed by atoms with E-state index < -0.39 is 0 Å². The minimum Gasteiger partial charge on any atom is -0.466 e. The molecular formula is C11H28O4. The van der Waals surface area contributed by atoms with E-state index in [9.17, 15) is 4.79 Å². The van der Waals surface area contributed by atoms with Gasteiger partial charge in [0.15, 0.2) is 0 Å². The number of aliphatic hydroxyl groups is 1. The molecule has 0 aromatic heterocycles. The molecule has 4 heteroatoms. The largest absolute Gasteiger partial charge is 0.466 e. The number of rotatable bonds is 4. The molecule has 0 spiro atoms. The van der Waals surface area contributed by atoms with Crippen LogP contribution in [0.2, 0.25) is 0 Å². The average Bonchev–Trinajstić information content (AvgIpc) is 2.18. The summed E-state index contributed by atoms with van der Waals surface area (Å²) >= 11 is 0. The highest BCUT2D eigenvalue weighted by Gasteiger charge is 1.81. The smallest absolute Gasteiger partial charge is 0.302 e. The van der Waals surface area contributed by atoms with Gasteiger partial charge in [-0.05, 0) is 6.92 Å². The van der Waals surface area contributed by atoms with Gasteiger partial charge in [-0.15, -0.1) is 0 Å². The van der Waals surface area contributed by atoms with Gasteiger partial charge in [0.2, 0.25) is 0 Å². The van der Waals surface area contributed by atoms with Crippen molar-refractivity contribution in [3.05, 3.63) is 0 Å².